The topological polar surface area (TPSA) is 57.1 Å². The molecule has 1 atom stereocenters. The predicted molar refractivity (Wildman–Crippen MR) is 85.2 cm³/mol. The number of guanidine groups is 1. The van der Waals surface area contributed by atoms with Crippen LogP contribution in [0.5, 0.6) is 0 Å². The van der Waals surface area contributed by atoms with Gasteiger partial charge in [0.05, 0.1) is 19.3 Å². The SMILES string of the molecule is CCCCN(C)C(=NCC(O)COCC(C)C)NCC. The Morgan fingerprint density at radius 2 is 2.00 bits per heavy atom. The van der Waals surface area contributed by atoms with Crippen LogP contribution >= 0.6 is 0 Å². The quantitative estimate of drug-likeness (QED) is 0.474. The summed E-state index contributed by atoms with van der Waals surface area (Å²) in [6.07, 6.45) is 1.76. The summed E-state index contributed by atoms with van der Waals surface area (Å²) >= 11 is 0. The van der Waals surface area contributed by atoms with Crippen molar-refractivity contribution in [1.82, 2.24) is 10.2 Å². The van der Waals surface area contributed by atoms with Crippen LogP contribution in [0, 0.1) is 5.92 Å². The second-order valence-corrected chi connectivity index (χ2v) is 5.55. The highest BCUT2D eigenvalue weighted by atomic mass is 16.5. The number of hydrogen-bond donors (Lipinski definition) is 2. The van der Waals surface area contributed by atoms with Gasteiger partial charge < -0.3 is 20.1 Å². The lowest BCUT2D eigenvalue weighted by Crippen LogP contribution is -2.40. The molecule has 5 heteroatoms. The summed E-state index contributed by atoms with van der Waals surface area (Å²) in [5.74, 6) is 1.34. The third kappa shape index (κ3) is 10.0. The van der Waals surface area contributed by atoms with Crippen LogP contribution in [0.2, 0.25) is 0 Å². The predicted octanol–water partition coefficient (Wildman–Crippen LogP) is 1.72. The molecule has 0 fully saturated rings. The Bertz CT molecular complexity index is 258. The molecule has 120 valence electrons. The number of nitrogens with zero attached hydrogens (tertiary/aromatic N) is 2. The van der Waals surface area contributed by atoms with Gasteiger partial charge in [-0.2, -0.15) is 0 Å². The van der Waals surface area contributed by atoms with Crippen molar-refractivity contribution in [2.75, 3.05) is 39.9 Å². The summed E-state index contributed by atoms with van der Waals surface area (Å²) in [5.41, 5.74) is 0. The molecular weight excluding hydrogens is 254 g/mol. The maximum absolute atomic E-state index is 9.86. The van der Waals surface area contributed by atoms with Crippen molar-refractivity contribution in [3.8, 4) is 0 Å². The van der Waals surface area contributed by atoms with Gasteiger partial charge >= 0.3 is 0 Å². The summed E-state index contributed by atoms with van der Waals surface area (Å²) in [5, 5.41) is 13.1. The van der Waals surface area contributed by atoms with Gasteiger partial charge in [-0.3, -0.25) is 4.99 Å². The third-order valence-corrected chi connectivity index (χ3v) is 2.76. The zero-order valence-electron chi connectivity index (χ0n) is 13.9. The monoisotopic (exact) mass is 287 g/mol. The minimum atomic E-state index is -0.540. The Hall–Kier alpha value is -0.810. The third-order valence-electron chi connectivity index (χ3n) is 2.76. The van der Waals surface area contributed by atoms with Crippen LogP contribution in [0.25, 0.3) is 0 Å². The highest BCUT2D eigenvalue weighted by Crippen LogP contribution is 1.97. The number of aliphatic hydroxyl groups is 1. The van der Waals surface area contributed by atoms with Gasteiger partial charge in [0.25, 0.3) is 0 Å². The van der Waals surface area contributed by atoms with Gasteiger partial charge in [0.2, 0.25) is 0 Å². The summed E-state index contributed by atoms with van der Waals surface area (Å²) in [4.78, 5) is 6.57. The van der Waals surface area contributed by atoms with Gasteiger partial charge in [0, 0.05) is 26.7 Å². The molecule has 1 unspecified atom stereocenters. The van der Waals surface area contributed by atoms with Crippen molar-refractivity contribution in [2.24, 2.45) is 10.9 Å². The Balaban J connectivity index is 4.17. The van der Waals surface area contributed by atoms with Crippen LogP contribution in [0.15, 0.2) is 4.99 Å². The molecule has 5 nitrogen and oxygen atoms in total. The summed E-state index contributed by atoms with van der Waals surface area (Å²) in [7, 11) is 2.03. The minimum absolute atomic E-state index is 0.347. The Morgan fingerprint density at radius 1 is 1.30 bits per heavy atom. The van der Waals surface area contributed by atoms with Crippen LogP contribution in [0.1, 0.15) is 40.5 Å². The van der Waals surface area contributed by atoms with E-state index in [4.69, 9.17) is 4.74 Å². The molecule has 0 rings (SSSR count). The van der Waals surface area contributed by atoms with Gasteiger partial charge in [-0.15, -0.1) is 0 Å². The number of nitrogens with one attached hydrogen (secondary N) is 1. The van der Waals surface area contributed by atoms with E-state index in [-0.39, 0.29) is 0 Å². The molecule has 0 aromatic carbocycles. The zero-order chi connectivity index (χ0) is 15.4. The van der Waals surface area contributed by atoms with Crippen LogP contribution in [-0.2, 0) is 4.74 Å². The molecule has 0 aliphatic heterocycles. The molecule has 0 saturated carbocycles. The molecule has 0 aromatic heterocycles. The molecule has 0 aromatic rings. The minimum Gasteiger partial charge on any atom is -0.389 e. The lowest BCUT2D eigenvalue weighted by atomic mass is 10.2. The summed E-state index contributed by atoms with van der Waals surface area (Å²) in [6.45, 7) is 11.6. The van der Waals surface area contributed by atoms with Gasteiger partial charge in [0.1, 0.15) is 0 Å². The first-order valence-corrected chi connectivity index (χ1v) is 7.76. The second-order valence-electron chi connectivity index (χ2n) is 5.55. The highest BCUT2D eigenvalue weighted by Gasteiger charge is 2.08. The zero-order valence-corrected chi connectivity index (χ0v) is 13.9. The van der Waals surface area contributed by atoms with Crippen molar-refractivity contribution in [3.05, 3.63) is 0 Å². The number of aliphatic imine (C=N–C) groups is 1. The molecule has 2 N–H and O–H groups in total. The summed E-state index contributed by atoms with van der Waals surface area (Å²) < 4.78 is 5.42. The van der Waals surface area contributed by atoms with E-state index in [9.17, 15) is 5.11 Å². The Labute approximate surface area is 124 Å². The molecule has 0 spiro atoms. The molecule has 0 radical (unpaired) electrons. The number of hydrogen-bond acceptors (Lipinski definition) is 3. The molecule has 0 amide bonds. The lowest BCUT2D eigenvalue weighted by Gasteiger charge is -2.22. The van der Waals surface area contributed by atoms with Crippen molar-refractivity contribution in [1.29, 1.82) is 0 Å². The standard InChI is InChI=1S/C15H33N3O2/c1-6-8-9-18(5)15(16-7-2)17-10-14(19)12-20-11-13(3)4/h13-14,19H,6-12H2,1-5H3,(H,16,17). The van der Waals surface area contributed by atoms with Crippen LogP contribution in [0.3, 0.4) is 0 Å². The van der Waals surface area contributed by atoms with Gasteiger partial charge in [-0.25, -0.2) is 0 Å². The first-order valence-electron chi connectivity index (χ1n) is 7.76. The first-order chi connectivity index (χ1) is 9.51. The molecule has 0 aliphatic rings. The van der Waals surface area contributed by atoms with E-state index < -0.39 is 6.10 Å². The second kappa shape index (κ2) is 12.0. The maximum atomic E-state index is 9.86. The normalized spacial score (nSPS) is 13.7. The number of ether oxygens (including phenoxy) is 1. The van der Waals surface area contributed by atoms with E-state index in [0.717, 1.165) is 31.9 Å². The van der Waals surface area contributed by atoms with Gasteiger partial charge in [-0.1, -0.05) is 27.2 Å². The van der Waals surface area contributed by atoms with E-state index in [1.54, 1.807) is 0 Å². The van der Waals surface area contributed by atoms with Gasteiger partial charge in [0.15, 0.2) is 5.96 Å². The lowest BCUT2D eigenvalue weighted by molar-refractivity contribution is 0.0300. The van der Waals surface area contributed by atoms with E-state index in [1.165, 1.54) is 0 Å². The first kappa shape index (κ1) is 19.2. The molecule has 0 bridgehead atoms. The summed E-state index contributed by atoms with van der Waals surface area (Å²) in [6, 6.07) is 0. The Kier molecular flexibility index (Phi) is 11.5. The van der Waals surface area contributed by atoms with Gasteiger partial charge in [-0.05, 0) is 19.3 Å². The van der Waals surface area contributed by atoms with E-state index in [2.05, 4.69) is 36.0 Å². The molecule has 0 saturated heterocycles. The highest BCUT2D eigenvalue weighted by molar-refractivity contribution is 5.79. The Morgan fingerprint density at radius 3 is 2.55 bits per heavy atom. The molecular formula is C15H33N3O2. The van der Waals surface area contributed by atoms with Crippen LogP contribution in [0.4, 0.5) is 0 Å². The molecule has 0 aliphatic carbocycles. The molecule has 0 heterocycles. The largest absolute Gasteiger partial charge is 0.389 e. The van der Waals surface area contributed by atoms with E-state index >= 15 is 0 Å². The number of rotatable bonds is 10. The average Bonchev–Trinajstić information content (AvgIpc) is 2.40. The van der Waals surface area contributed by atoms with Crippen molar-refractivity contribution >= 4 is 5.96 Å². The fourth-order valence-electron chi connectivity index (χ4n) is 1.66. The fraction of sp³-hybridized carbons (Fsp3) is 0.933. The van der Waals surface area contributed by atoms with E-state index in [0.29, 0.717) is 25.7 Å². The maximum Gasteiger partial charge on any atom is 0.193 e. The van der Waals surface area contributed by atoms with Crippen molar-refractivity contribution < 1.29 is 9.84 Å². The van der Waals surface area contributed by atoms with Crippen LogP contribution in [-0.4, -0.2) is 62.0 Å². The van der Waals surface area contributed by atoms with E-state index in [1.807, 2.05) is 14.0 Å². The fourth-order valence-corrected chi connectivity index (χ4v) is 1.66. The van der Waals surface area contributed by atoms with Crippen molar-refractivity contribution in [3.63, 3.8) is 0 Å². The number of aliphatic hydroxyl groups excluding tert-OH is 1. The van der Waals surface area contributed by atoms with Crippen molar-refractivity contribution in [2.45, 2.75) is 46.6 Å². The molecule has 20 heavy (non-hydrogen) atoms. The smallest absolute Gasteiger partial charge is 0.193 e. The van der Waals surface area contributed by atoms with Crippen LogP contribution < -0.4 is 5.32 Å². The average molecular weight is 287 g/mol. The number of unbranched alkanes of at least 4 members (excludes halogenated alkanes) is 1.